The Hall–Kier alpha value is 0.360. The highest BCUT2D eigenvalue weighted by atomic mass is 79.9. The number of hydrogen-bond donors (Lipinski definition) is 0. The van der Waals surface area contributed by atoms with E-state index < -0.39 is 0 Å². The molecule has 0 heterocycles. The third-order valence-electron chi connectivity index (χ3n) is 8.97. The van der Waals surface area contributed by atoms with Crippen molar-refractivity contribution in [1.29, 1.82) is 0 Å². The zero-order valence-electron chi connectivity index (χ0n) is 28.9. The van der Waals surface area contributed by atoms with Crippen LogP contribution < -0.4 is 9.47 Å². The molecule has 0 fully saturated rings. The summed E-state index contributed by atoms with van der Waals surface area (Å²) in [6.45, 7) is 10.4. The molecule has 0 aliphatic heterocycles. The standard InChI is InChI=1S/C38H66Br2Cl2O2/c1-5-9-13-17-19-23-27-31(25-21-15-11-7-3)29-43-37-33(39)36(42)38(34(40)35(37)41)44-30-32(26-22-16-12-8-4)28-24-20-18-14-10-6-2/h31-32H,5-30H2,1-4H3. The van der Waals surface area contributed by atoms with Crippen molar-refractivity contribution in [2.24, 2.45) is 11.8 Å². The lowest BCUT2D eigenvalue weighted by Gasteiger charge is -2.22. The molecular weight excluding hydrogens is 719 g/mol. The van der Waals surface area contributed by atoms with E-state index in [0.29, 0.717) is 55.5 Å². The van der Waals surface area contributed by atoms with Crippen LogP contribution in [0.5, 0.6) is 11.5 Å². The lowest BCUT2D eigenvalue weighted by molar-refractivity contribution is 0.217. The predicted octanol–water partition coefficient (Wildman–Crippen LogP) is 16.0. The SMILES string of the molecule is CCCCCCCCC(CCCCCC)COc1c(Cl)c(Br)c(OCC(CCCCCC)CCCCCCCC)c(Cl)c1Br. The Morgan fingerprint density at radius 1 is 0.432 bits per heavy atom. The minimum atomic E-state index is 0.532. The summed E-state index contributed by atoms with van der Waals surface area (Å²) in [6, 6.07) is 0. The van der Waals surface area contributed by atoms with Crippen LogP contribution in [0.1, 0.15) is 182 Å². The lowest BCUT2D eigenvalue weighted by atomic mass is 9.95. The van der Waals surface area contributed by atoms with E-state index in [2.05, 4.69) is 59.6 Å². The molecule has 0 spiro atoms. The summed E-state index contributed by atoms with van der Waals surface area (Å²) < 4.78 is 14.3. The van der Waals surface area contributed by atoms with E-state index in [4.69, 9.17) is 32.7 Å². The Kier molecular flexibility index (Phi) is 27.3. The molecule has 1 aromatic rings. The molecular formula is C38H66Br2Cl2O2. The van der Waals surface area contributed by atoms with Crippen molar-refractivity contribution in [3.05, 3.63) is 19.0 Å². The minimum Gasteiger partial charge on any atom is -0.490 e. The largest absolute Gasteiger partial charge is 0.490 e. The van der Waals surface area contributed by atoms with Gasteiger partial charge in [0.2, 0.25) is 0 Å². The zero-order valence-corrected chi connectivity index (χ0v) is 33.6. The molecule has 258 valence electrons. The van der Waals surface area contributed by atoms with Crippen molar-refractivity contribution in [2.75, 3.05) is 13.2 Å². The summed E-state index contributed by atoms with van der Waals surface area (Å²) >= 11 is 21.3. The molecule has 1 rings (SSSR count). The molecule has 2 unspecified atom stereocenters. The number of hydrogen-bond acceptors (Lipinski definition) is 2. The Morgan fingerprint density at radius 3 is 0.977 bits per heavy atom. The van der Waals surface area contributed by atoms with Gasteiger partial charge in [0.1, 0.15) is 10.0 Å². The fraction of sp³-hybridized carbons (Fsp3) is 0.842. The fourth-order valence-electron chi connectivity index (χ4n) is 6.02. The molecule has 6 heteroatoms. The van der Waals surface area contributed by atoms with Crippen LogP contribution >= 0.6 is 55.1 Å². The molecule has 0 radical (unpaired) electrons. The maximum absolute atomic E-state index is 6.92. The Bertz CT molecular complexity index is 740. The van der Waals surface area contributed by atoms with Crippen molar-refractivity contribution in [3.8, 4) is 11.5 Å². The quantitative estimate of drug-likeness (QED) is 0.0571. The molecule has 0 saturated carbocycles. The van der Waals surface area contributed by atoms with Gasteiger partial charge in [0.25, 0.3) is 0 Å². The van der Waals surface area contributed by atoms with Gasteiger partial charge in [-0.1, -0.05) is 179 Å². The van der Waals surface area contributed by atoms with Crippen molar-refractivity contribution in [1.82, 2.24) is 0 Å². The van der Waals surface area contributed by atoms with Crippen LogP contribution in [0.2, 0.25) is 10.0 Å². The number of rotatable bonds is 30. The van der Waals surface area contributed by atoms with Gasteiger partial charge in [-0.15, -0.1) is 0 Å². The van der Waals surface area contributed by atoms with Gasteiger partial charge in [0.05, 0.1) is 22.2 Å². The normalized spacial score (nSPS) is 12.9. The summed E-state index contributed by atoms with van der Waals surface area (Å²) in [5.74, 6) is 2.32. The average molecular weight is 786 g/mol. The van der Waals surface area contributed by atoms with Crippen LogP contribution in [-0.4, -0.2) is 13.2 Å². The Balaban J connectivity index is 2.85. The van der Waals surface area contributed by atoms with E-state index in [0.717, 1.165) is 0 Å². The first-order valence-electron chi connectivity index (χ1n) is 18.5. The van der Waals surface area contributed by atoms with E-state index in [1.54, 1.807) is 0 Å². The molecule has 0 aliphatic carbocycles. The predicted molar refractivity (Wildman–Crippen MR) is 203 cm³/mol. The van der Waals surface area contributed by atoms with Crippen LogP contribution in [0.4, 0.5) is 0 Å². The van der Waals surface area contributed by atoms with Gasteiger partial charge in [0, 0.05) is 0 Å². The first-order chi connectivity index (χ1) is 21.4. The summed E-state index contributed by atoms with van der Waals surface area (Å²) in [7, 11) is 0. The third-order valence-corrected chi connectivity index (χ3v) is 11.7. The maximum Gasteiger partial charge on any atom is 0.155 e. The first-order valence-corrected chi connectivity index (χ1v) is 20.9. The van der Waals surface area contributed by atoms with Crippen LogP contribution in [0, 0.1) is 11.8 Å². The van der Waals surface area contributed by atoms with E-state index >= 15 is 0 Å². The first kappa shape index (κ1) is 42.4. The van der Waals surface area contributed by atoms with Gasteiger partial charge in [0.15, 0.2) is 11.5 Å². The number of halogens is 4. The highest BCUT2D eigenvalue weighted by Crippen LogP contribution is 2.50. The smallest absolute Gasteiger partial charge is 0.155 e. The minimum absolute atomic E-state index is 0.532. The molecule has 0 aromatic heterocycles. The second-order valence-electron chi connectivity index (χ2n) is 13.1. The van der Waals surface area contributed by atoms with Crippen LogP contribution in [-0.2, 0) is 0 Å². The third kappa shape index (κ3) is 18.6. The van der Waals surface area contributed by atoms with E-state index in [1.165, 1.54) is 154 Å². The molecule has 2 nitrogen and oxygen atoms in total. The molecule has 1 aromatic carbocycles. The highest BCUT2D eigenvalue weighted by Gasteiger charge is 2.24. The van der Waals surface area contributed by atoms with E-state index in [1.807, 2.05) is 0 Å². The molecule has 0 saturated heterocycles. The second-order valence-corrected chi connectivity index (χ2v) is 15.4. The summed E-state index contributed by atoms with van der Waals surface area (Å²) in [5, 5.41) is 1.08. The van der Waals surface area contributed by atoms with Gasteiger partial charge < -0.3 is 9.47 Å². The molecule has 44 heavy (non-hydrogen) atoms. The van der Waals surface area contributed by atoms with E-state index in [9.17, 15) is 0 Å². The number of benzene rings is 1. The van der Waals surface area contributed by atoms with Gasteiger partial charge in [-0.05, 0) is 69.4 Å². The Morgan fingerprint density at radius 2 is 0.682 bits per heavy atom. The molecule has 0 amide bonds. The van der Waals surface area contributed by atoms with Crippen molar-refractivity contribution in [3.63, 3.8) is 0 Å². The van der Waals surface area contributed by atoms with Crippen molar-refractivity contribution < 1.29 is 9.47 Å². The van der Waals surface area contributed by atoms with Crippen molar-refractivity contribution >= 4 is 55.1 Å². The summed E-state index contributed by atoms with van der Waals surface area (Å²) in [5.41, 5.74) is 0. The highest BCUT2D eigenvalue weighted by molar-refractivity contribution is 9.11. The zero-order chi connectivity index (χ0) is 32.4. The van der Waals surface area contributed by atoms with Gasteiger partial charge in [-0.25, -0.2) is 0 Å². The van der Waals surface area contributed by atoms with Crippen LogP contribution in [0.15, 0.2) is 8.95 Å². The monoisotopic (exact) mass is 782 g/mol. The summed E-state index contributed by atoms with van der Waals surface area (Å²) in [6.07, 6.45) is 31.0. The lowest BCUT2D eigenvalue weighted by Crippen LogP contribution is -2.14. The second kappa shape index (κ2) is 28.4. The topological polar surface area (TPSA) is 18.5 Å². The maximum atomic E-state index is 6.92. The Labute approximate surface area is 300 Å². The number of unbranched alkanes of at least 4 members (excludes halogenated alkanes) is 16. The molecule has 0 aliphatic rings. The van der Waals surface area contributed by atoms with Crippen LogP contribution in [0.25, 0.3) is 0 Å². The van der Waals surface area contributed by atoms with E-state index in [-0.39, 0.29) is 0 Å². The van der Waals surface area contributed by atoms with Crippen LogP contribution in [0.3, 0.4) is 0 Å². The van der Waals surface area contributed by atoms with Gasteiger partial charge >= 0.3 is 0 Å². The molecule has 0 N–H and O–H groups in total. The van der Waals surface area contributed by atoms with Gasteiger partial charge in [-0.2, -0.15) is 0 Å². The molecule has 2 atom stereocenters. The fourth-order valence-corrected chi connectivity index (χ4v) is 7.70. The van der Waals surface area contributed by atoms with Crippen molar-refractivity contribution in [2.45, 2.75) is 182 Å². The average Bonchev–Trinajstić information content (AvgIpc) is 3.02. The molecule has 0 bridgehead atoms. The number of ether oxygens (including phenoxy) is 2. The van der Waals surface area contributed by atoms with Gasteiger partial charge in [-0.3, -0.25) is 0 Å². The summed E-state index contributed by atoms with van der Waals surface area (Å²) in [4.78, 5) is 0.